The summed E-state index contributed by atoms with van der Waals surface area (Å²) < 4.78 is 28.4. The van der Waals surface area contributed by atoms with Gasteiger partial charge < -0.3 is 23.5 Å². The van der Waals surface area contributed by atoms with Crippen LogP contribution in [0.25, 0.3) is 0 Å². The lowest BCUT2D eigenvalue weighted by Crippen LogP contribution is -2.41. The number of ether oxygens (including phenoxy) is 3. The molecule has 0 unspecified atom stereocenters. The molecule has 1 saturated heterocycles. The summed E-state index contributed by atoms with van der Waals surface area (Å²) in [4.78, 5) is 11.8. The average molecular weight is 364 g/mol. The Morgan fingerprint density at radius 2 is 1.69 bits per heavy atom. The third-order valence-corrected chi connectivity index (χ3v) is 4.49. The maximum absolute atomic E-state index is 11.8. The third-order valence-electron chi connectivity index (χ3n) is 4.49. The topological polar surface area (TPSA) is 63.2 Å². The number of esters is 1. The van der Waals surface area contributed by atoms with Gasteiger partial charge in [0, 0.05) is 11.5 Å². The van der Waals surface area contributed by atoms with Crippen molar-refractivity contribution in [3.8, 4) is 11.5 Å². The molecule has 1 aromatic rings. The number of hydrogen-bond acceptors (Lipinski definition) is 6. The highest BCUT2D eigenvalue weighted by atomic mass is 16.7. The molecular weight excluding hydrogens is 335 g/mol. The van der Waals surface area contributed by atoms with E-state index in [1.165, 1.54) is 0 Å². The van der Waals surface area contributed by atoms with Crippen molar-refractivity contribution in [1.29, 1.82) is 0 Å². The van der Waals surface area contributed by atoms with Gasteiger partial charge in [-0.1, -0.05) is 6.07 Å². The van der Waals surface area contributed by atoms with E-state index in [-0.39, 0.29) is 6.61 Å². The number of hydrogen-bond donors (Lipinski definition) is 0. The molecule has 0 radical (unpaired) electrons. The predicted octanol–water partition coefficient (Wildman–Crippen LogP) is 2.71. The van der Waals surface area contributed by atoms with Crippen molar-refractivity contribution in [2.45, 2.75) is 65.3 Å². The summed E-state index contributed by atoms with van der Waals surface area (Å²) in [5.41, 5.74) is -0.641. The second-order valence-electron chi connectivity index (χ2n) is 8.37. The number of benzene rings is 1. The molecule has 0 atom stereocenters. The van der Waals surface area contributed by atoms with Gasteiger partial charge in [0.1, 0.15) is 17.1 Å². The molecule has 1 fully saturated rings. The fourth-order valence-electron chi connectivity index (χ4n) is 2.46. The lowest BCUT2D eigenvalue weighted by atomic mass is 9.78. The molecule has 0 saturated carbocycles. The highest BCUT2D eigenvalue weighted by Gasteiger charge is 2.52. The van der Waals surface area contributed by atoms with Gasteiger partial charge in [0.25, 0.3) is 0 Å². The SMILES string of the molecule is COc1cc(OCC(=O)OC(C)(C)C)ccc1B1OC(C)(C)C(C)(C)O1. The number of rotatable bonds is 5. The van der Waals surface area contributed by atoms with E-state index in [0.717, 1.165) is 5.46 Å². The zero-order valence-electron chi connectivity index (χ0n) is 17.0. The van der Waals surface area contributed by atoms with Crippen molar-refractivity contribution >= 4 is 18.6 Å². The summed E-state index contributed by atoms with van der Waals surface area (Å²) in [5, 5.41) is 0. The van der Waals surface area contributed by atoms with Gasteiger partial charge in [0.15, 0.2) is 6.61 Å². The van der Waals surface area contributed by atoms with E-state index in [2.05, 4.69) is 0 Å². The Hall–Kier alpha value is -1.73. The normalized spacial score (nSPS) is 18.5. The molecule has 0 N–H and O–H groups in total. The van der Waals surface area contributed by atoms with Crippen LogP contribution >= 0.6 is 0 Å². The summed E-state index contributed by atoms with van der Waals surface area (Å²) in [6, 6.07) is 5.30. The summed E-state index contributed by atoms with van der Waals surface area (Å²) >= 11 is 0. The second kappa shape index (κ2) is 7.12. The molecule has 144 valence electrons. The van der Waals surface area contributed by atoms with Crippen LogP contribution in [-0.2, 0) is 18.8 Å². The standard InChI is InChI=1S/C19H29BO6/c1-17(2,3)24-16(21)12-23-13-9-10-14(15(11-13)22-8)20-25-18(4,5)19(6,7)26-20/h9-11H,12H2,1-8H3. The van der Waals surface area contributed by atoms with Crippen molar-refractivity contribution in [2.24, 2.45) is 0 Å². The fraction of sp³-hybridized carbons (Fsp3) is 0.632. The molecule has 0 aromatic heterocycles. The van der Waals surface area contributed by atoms with Crippen molar-refractivity contribution in [1.82, 2.24) is 0 Å². The maximum Gasteiger partial charge on any atom is 0.498 e. The van der Waals surface area contributed by atoms with Crippen LogP contribution < -0.4 is 14.9 Å². The first-order chi connectivity index (χ1) is 11.8. The first-order valence-corrected chi connectivity index (χ1v) is 8.73. The summed E-state index contributed by atoms with van der Waals surface area (Å²) in [5.74, 6) is 0.657. The van der Waals surface area contributed by atoms with Gasteiger partial charge in [-0.2, -0.15) is 0 Å². The second-order valence-corrected chi connectivity index (χ2v) is 8.37. The smallest absolute Gasteiger partial charge is 0.497 e. The quantitative estimate of drug-likeness (QED) is 0.591. The van der Waals surface area contributed by atoms with E-state index in [1.807, 2.05) is 54.5 Å². The minimum absolute atomic E-state index is 0.170. The fourth-order valence-corrected chi connectivity index (χ4v) is 2.46. The van der Waals surface area contributed by atoms with E-state index in [0.29, 0.717) is 11.5 Å². The number of carbonyl (C=O) groups is 1. The Morgan fingerprint density at radius 1 is 1.12 bits per heavy atom. The highest BCUT2D eigenvalue weighted by molar-refractivity contribution is 6.63. The highest BCUT2D eigenvalue weighted by Crippen LogP contribution is 2.37. The van der Waals surface area contributed by atoms with Crippen LogP contribution in [0, 0.1) is 0 Å². The third kappa shape index (κ3) is 4.71. The maximum atomic E-state index is 11.8. The van der Waals surface area contributed by atoms with E-state index in [4.69, 9.17) is 23.5 Å². The average Bonchev–Trinajstić information content (AvgIpc) is 2.71. The van der Waals surface area contributed by atoms with Crippen molar-refractivity contribution in [3.05, 3.63) is 18.2 Å². The predicted molar refractivity (Wildman–Crippen MR) is 100 cm³/mol. The van der Waals surface area contributed by atoms with Crippen LogP contribution in [0.4, 0.5) is 0 Å². The molecule has 0 aliphatic carbocycles. The van der Waals surface area contributed by atoms with Crippen LogP contribution in [0.2, 0.25) is 0 Å². The molecule has 26 heavy (non-hydrogen) atoms. The van der Waals surface area contributed by atoms with Gasteiger partial charge >= 0.3 is 13.1 Å². The molecule has 0 bridgehead atoms. The van der Waals surface area contributed by atoms with Gasteiger partial charge in [0.2, 0.25) is 0 Å². The number of carbonyl (C=O) groups excluding carboxylic acids is 1. The largest absolute Gasteiger partial charge is 0.498 e. The Balaban J connectivity index is 2.10. The zero-order valence-corrected chi connectivity index (χ0v) is 17.0. The lowest BCUT2D eigenvalue weighted by molar-refractivity contribution is -0.157. The van der Waals surface area contributed by atoms with Crippen LogP contribution in [0.5, 0.6) is 11.5 Å². The van der Waals surface area contributed by atoms with E-state index < -0.39 is 29.9 Å². The minimum atomic E-state index is -0.543. The van der Waals surface area contributed by atoms with Crippen LogP contribution in [0.3, 0.4) is 0 Å². The van der Waals surface area contributed by atoms with Crippen LogP contribution in [0.15, 0.2) is 18.2 Å². The zero-order chi connectivity index (χ0) is 19.8. The van der Waals surface area contributed by atoms with Gasteiger partial charge in [-0.15, -0.1) is 0 Å². The van der Waals surface area contributed by atoms with Gasteiger partial charge in [-0.3, -0.25) is 0 Å². The van der Waals surface area contributed by atoms with Crippen molar-refractivity contribution < 1.29 is 28.3 Å². The summed E-state index contributed by atoms with van der Waals surface area (Å²) in [6.07, 6.45) is 0. The van der Waals surface area contributed by atoms with Crippen molar-refractivity contribution in [3.63, 3.8) is 0 Å². The molecule has 6 nitrogen and oxygen atoms in total. The minimum Gasteiger partial charge on any atom is -0.497 e. The molecule has 1 aliphatic rings. The number of methoxy groups -OCH3 is 1. The Kier molecular flexibility index (Phi) is 5.64. The molecule has 0 spiro atoms. The van der Waals surface area contributed by atoms with E-state index in [1.54, 1.807) is 19.2 Å². The molecule has 1 aliphatic heterocycles. The molecule has 0 amide bonds. The van der Waals surface area contributed by atoms with E-state index >= 15 is 0 Å². The van der Waals surface area contributed by atoms with Gasteiger partial charge in [0.05, 0.1) is 18.3 Å². The Labute approximate surface area is 156 Å². The van der Waals surface area contributed by atoms with Gasteiger partial charge in [-0.25, -0.2) is 4.79 Å². The van der Waals surface area contributed by atoms with E-state index in [9.17, 15) is 4.79 Å². The molecule has 1 heterocycles. The lowest BCUT2D eigenvalue weighted by Gasteiger charge is -2.32. The summed E-state index contributed by atoms with van der Waals surface area (Å²) in [6.45, 7) is 13.3. The van der Waals surface area contributed by atoms with Crippen molar-refractivity contribution in [2.75, 3.05) is 13.7 Å². The monoisotopic (exact) mass is 364 g/mol. The molecule has 7 heteroatoms. The molecular formula is C19H29BO6. The summed E-state index contributed by atoms with van der Waals surface area (Å²) in [7, 11) is 1.04. The Morgan fingerprint density at radius 3 is 2.19 bits per heavy atom. The van der Waals surface area contributed by atoms with Crippen LogP contribution in [0.1, 0.15) is 48.5 Å². The molecule has 2 rings (SSSR count). The van der Waals surface area contributed by atoms with Gasteiger partial charge in [-0.05, 0) is 54.5 Å². The first kappa shape index (κ1) is 20.6. The van der Waals surface area contributed by atoms with Crippen LogP contribution in [-0.4, -0.2) is 43.6 Å². The first-order valence-electron chi connectivity index (χ1n) is 8.73. The Bertz CT molecular complexity index is 646. The molecule has 1 aromatic carbocycles.